The average molecular weight is 279 g/mol. The van der Waals surface area contributed by atoms with Crippen molar-refractivity contribution >= 4 is 17.7 Å². The third-order valence-electron chi connectivity index (χ3n) is 3.01. The highest BCUT2D eigenvalue weighted by Crippen LogP contribution is 2.15. The highest BCUT2D eigenvalue weighted by molar-refractivity contribution is 7.99. The molecule has 1 saturated heterocycles. The van der Waals surface area contributed by atoms with Crippen molar-refractivity contribution in [1.29, 1.82) is 0 Å². The maximum absolute atomic E-state index is 11.7. The highest BCUT2D eigenvalue weighted by atomic mass is 32.2. The number of nitrogens with zero attached hydrogens (tertiary/aromatic N) is 1. The molecule has 1 fully saturated rings. The Bertz CT molecular complexity index is 380. The maximum atomic E-state index is 11.7. The minimum absolute atomic E-state index is 0.135. The Balaban J connectivity index is 1.56. The van der Waals surface area contributed by atoms with Crippen LogP contribution in [0.3, 0.4) is 0 Å². The lowest BCUT2D eigenvalue weighted by Gasteiger charge is -2.26. The number of rotatable bonds is 6. The molecule has 1 amide bonds. The van der Waals surface area contributed by atoms with E-state index in [4.69, 9.17) is 0 Å². The zero-order valence-electron chi connectivity index (χ0n) is 11.1. The first-order valence-corrected chi connectivity index (χ1v) is 7.71. The molecule has 1 aliphatic heterocycles. The molecule has 0 aromatic heterocycles. The van der Waals surface area contributed by atoms with Gasteiger partial charge in [-0.05, 0) is 12.1 Å². The van der Waals surface area contributed by atoms with Gasteiger partial charge in [-0.2, -0.15) is 0 Å². The van der Waals surface area contributed by atoms with E-state index in [1.165, 1.54) is 4.90 Å². The second-order valence-electron chi connectivity index (χ2n) is 4.54. The number of nitrogens with one attached hydrogen (secondary N) is 2. The lowest BCUT2D eigenvalue weighted by atomic mass is 10.3. The van der Waals surface area contributed by atoms with Crippen molar-refractivity contribution in [2.75, 3.05) is 45.0 Å². The van der Waals surface area contributed by atoms with Crippen molar-refractivity contribution < 1.29 is 4.79 Å². The summed E-state index contributed by atoms with van der Waals surface area (Å²) in [5.74, 6) is 1.05. The highest BCUT2D eigenvalue weighted by Gasteiger charge is 2.12. The molecule has 2 N–H and O–H groups in total. The summed E-state index contributed by atoms with van der Waals surface area (Å²) >= 11 is 1.77. The largest absolute Gasteiger partial charge is 0.354 e. The van der Waals surface area contributed by atoms with Crippen LogP contribution in [-0.4, -0.2) is 55.8 Å². The molecule has 0 atom stereocenters. The number of amides is 1. The van der Waals surface area contributed by atoms with Gasteiger partial charge >= 0.3 is 0 Å². The number of benzene rings is 1. The van der Waals surface area contributed by atoms with Gasteiger partial charge in [0.25, 0.3) is 0 Å². The van der Waals surface area contributed by atoms with Crippen molar-refractivity contribution in [3.8, 4) is 0 Å². The summed E-state index contributed by atoms with van der Waals surface area (Å²) in [6.45, 7) is 5.15. The summed E-state index contributed by atoms with van der Waals surface area (Å²) < 4.78 is 0. The number of carbonyl (C=O) groups is 1. The molecule has 0 saturated carbocycles. The van der Waals surface area contributed by atoms with Crippen LogP contribution in [0.15, 0.2) is 35.2 Å². The molecule has 0 spiro atoms. The molecule has 1 aromatic carbocycles. The third-order valence-corrected chi connectivity index (χ3v) is 4.03. The number of carbonyl (C=O) groups excluding carboxylic acids is 1. The Kier molecular flexibility index (Phi) is 6.20. The Morgan fingerprint density at radius 3 is 2.74 bits per heavy atom. The van der Waals surface area contributed by atoms with Crippen LogP contribution in [-0.2, 0) is 4.79 Å². The molecule has 1 aliphatic rings. The average Bonchev–Trinajstić information content (AvgIpc) is 2.46. The SMILES string of the molecule is O=C(CN1CCNCC1)NCCSc1ccccc1. The number of piperazine rings is 1. The smallest absolute Gasteiger partial charge is 0.234 e. The first-order chi connectivity index (χ1) is 9.34. The predicted octanol–water partition coefficient (Wildman–Crippen LogP) is 0.800. The van der Waals surface area contributed by atoms with Gasteiger partial charge in [0.15, 0.2) is 0 Å². The number of hydrogen-bond donors (Lipinski definition) is 2. The van der Waals surface area contributed by atoms with E-state index in [9.17, 15) is 4.79 Å². The fourth-order valence-corrected chi connectivity index (χ4v) is 2.79. The molecule has 1 heterocycles. The molecule has 0 aliphatic carbocycles. The van der Waals surface area contributed by atoms with Crippen LogP contribution in [0.5, 0.6) is 0 Å². The predicted molar refractivity (Wildman–Crippen MR) is 79.5 cm³/mol. The summed E-state index contributed by atoms with van der Waals surface area (Å²) in [4.78, 5) is 15.2. The summed E-state index contributed by atoms with van der Waals surface area (Å²) in [6, 6.07) is 10.3. The Morgan fingerprint density at radius 1 is 1.26 bits per heavy atom. The monoisotopic (exact) mass is 279 g/mol. The third kappa shape index (κ3) is 5.63. The summed E-state index contributed by atoms with van der Waals surface area (Å²) in [5.41, 5.74) is 0. The van der Waals surface area contributed by atoms with E-state index in [2.05, 4.69) is 27.7 Å². The van der Waals surface area contributed by atoms with Crippen molar-refractivity contribution in [2.45, 2.75) is 4.90 Å². The van der Waals surface area contributed by atoms with Gasteiger partial charge in [0.05, 0.1) is 6.54 Å². The molecule has 0 bridgehead atoms. The van der Waals surface area contributed by atoms with E-state index in [0.29, 0.717) is 6.54 Å². The minimum atomic E-state index is 0.135. The van der Waals surface area contributed by atoms with Crippen LogP contribution < -0.4 is 10.6 Å². The van der Waals surface area contributed by atoms with E-state index in [0.717, 1.165) is 38.5 Å². The van der Waals surface area contributed by atoms with Crippen LogP contribution in [0.4, 0.5) is 0 Å². The first kappa shape index (κ1) is 14.4. The molecule has 5 heteroatoms. The zero-order valence-corrected chi connectivity index (χ0v) is 11.9. The van der Waals surface area contributed by atoms with Gasteiger partial charge < -0.3 is 10.6 Å². The summed E-state index contributed by atoms with van der Waals surface area (Å²) in [6.07, 6.45) is 0. The summed E-state index contributed by atoms with van der Waals surface area (Å²) in [5, 5.41) is 6.26. The standard InChI is InChI=1S/C14H21N3OS/c18-14(12-17-9-6-15-7-10-17)16-8-11-19-13-4-2-1-3-5-13/h1-5,15H,6-12H2,(H,16,18). The number of thioether (sulfide) groups is 1. The Hall–Kier alpha value is -1.04. The molecular weight excluding hydrogens is 258 g/mol. The van der Waals surface area contributed by atoms with Gasteiger partial charge in [-0.15, -0.1) is 11.8 Å². The van der Waals surface area contributed by atoms with E-state index in [-0.39, 0.29) is 5.91 Å². The molecular formula is C14H21N3OS. The Labute approximate surface area is 118 Å². The van der Waals surface area contributed by atoms with Gasteiger partial charge in [-0.25, -0.2) is 0 Å². The number of hydrogen-bond acceptors (Lipinski definition) is 4. The minimum Gasteiger partial charge on any atom is -0.354 e. The van der Waals surface area contributed by atoms with E-state index >= 15 is 0 Å². The van der Waals surface area contributed by atoms with E-state index in [1.807, 2.05) is 18.2 Å². The van der Waals surface area contributed by atoms with Gasteiger partial charge in [0.2, 0.25) is 5.91 Å². The van der Waals surface area contributed by atoms with Crippen LogP contribution in [0.1, 0.15) is 0 Å². The molecule has 19 heavy (non-hydrogen) atoms. The first-order valence-electron chi connectivity index (χ1n) is 6.72. The van der Waals surface area contributed by atoms with Crippen molar-refractivity contribution in [2.24, 2.45) is 0 Å². The van der Waals surface area contributed by atoms with Crippen LogP contribution in [0.25, 0.3) is 0 Å². The molecule has 104 valence electrons. The Morgan fingerprint density at radius 2 is 2.00 bits per heavy atom. The quantitative estimate of drug-likeness (QED) is 0.597. The van der Waals surface area contributed by atoms with Gasteiger partial charge in [-0.1, -0.05) is 18.2 Å². The lowest BCUT2D eigenvalue weighted by molar-refractivity contribution is -0.122. The van der Waals surface area contributed by atoms with E-state index < -0.39 is 0 Å². The van der Waals surface area contributed by atoms with Crippen LogP contribution in [0, 0.1) is 0 Å². The zero-order chi connectivity index (χ0) is 13.3. The normalized spacial score (nSPS) is 16.2. The van der Waals surface area contributed by atoms with Crippen molar-refractivity contribution in [3.63, 3.8) is 0 Å². The van der Waals surface area contributed by atoms with Gasteiger partial charge in [-0.3, -0.25) is 9.69 Å². The molecule has 0 unspecified atom stereocenters. The maximum Gasteiger partial charge on any atom is 0.234 e. The van der Waals surface area contributed by atoms with Gasteiger partial charge in [0.1, 0.15) is 0 Å². The summed E-state index contributed by atoms with van der Waals surface area (Å²) in [7, 11) is 0. The second-order valence-corrected chi connectivity index (χ2v) is 5.71. The van der Waals surface area contributed by atoms with Gasteiger partial charge in [0, 0.05) is 43.4 Å². The van der Waals surface area contributed by atoms with Crippen molar-refractivity contribution in [3.05, 3.63) is 30.3 Å². The van der Waals surface area contributed by atoms with Crippen molar-refractivity contribution in [1.82, 2.24) is 15.5 Å². The molecule has 0 radical (unpaired) electrons. The van der Waals surface area contributed by atoms with Crippen LogP contribution >= 0.6 is 11.8 Å². The molecule has 2 rings (SSSR count). The fourth-order valence-electron chi connectivity index (χ4n) is 2.00. The fraction of sp³-hybridized carbons (Fsp3) is 0.500. The second kappa shape index (κ2) is 8.19. The van der Waals surface area contributed by atoms with E-state index in [1.54, 1.807) is 11.8 Å². The molecule has 4 nitrogen and oxygen atoms in total. The molecule has 1 aromatic rings. The van der Waals surface area contributed by atoms with Crippen LogP contribution in [0.2, 0.25) is 0 Å². The topological polar surface area (TPSA) is 44.4 Å². The lowest BCUT2D eigenvalue weighted by Crippen LogP contribution is -2.47.